The van der Waals surface area contributed by atoms with Gasteiger partial charge in [0.15, 0.2) is 6.29 Å². The van der Waals surface area contributed by atoms with Gasteiger partial charge in [-0.3, -0.25) is 0 Å². The van der Waals surface area contributed by atoms with Gasteiger partial charge < -0.3 is 50.7 Å². The molecule has 3 unspecified atom stereocenters. The first kappa shape index (κ1) is 23.6. The standard InChI is InChI=1S/C16H34N2O8/c1-17-3-14(6-19,7-20)13(25)26-11-16(10-23)5-18(2)4-15(8-21,9-22)12(16)24/h12-13,17,19-25H,3-11H2,1-2H3. The number of rotatable bonds is 11. The van der Waals surface area contributed by atoms with E-state index >= 15 is 0 Å². The molecule has 26 heavy (non-hydrogen) atoms. The Labute approximate surface area is 153 Å². The summed E-state index contributed by atoms with van der Waals surface area (Å²) >= 11 is 0. The van der Waals surface area contributed by atoms with Gasteiger partial charge in [-0.25, -0.2) is 0 Å². The van der Waals surface area contributed by atoms with Gasteiger partial charge in [-0.15, -0.1) is 0 Å². The van der Waals surface area contributed by atoms with Crippen LogP contribution in [0, 0.1) is 16.2 Å². The number of aliphatic hydroxyl groups is 7. The number of ether oxygens (including phenoxy) is 1. The third-order valence-corrected chi connectivity index (χ3v) is 5.49. The first-order valence-electron chi connectivity index (χ1n) is 8.60. The molecule has 0 aromatic rings. The van der Waals surface area contributed by atoms with Crippen LogP contribution in [0.4, 0.5) is 0 Å². The Kier molecular flexibility index (Phi) is 8.81. The number of piperidine rings is 1. The normalized spacial score (nSPS) is 28.3. The van der Waals surface area contributed by atoms with Crippen LogP contribution in [0.25, 0.3) is 0 Å². The smallest absolute Gasteiger partial charge is 0.165 e. The minimum atomic E-state index is -1.56. The van der Waals surface area contributed by atoms with Gasteiger partial charge in [0.2, 0.25) is 0 Å². The summed E-state index contributed by atoms with van der Waals surface area (Å²) in [4.78, 5) is 1.75. The molecule has 1 aliphatic rings. The molecule has 0 spiro atoms. The minimum absolute atomic E-state index is 0.0764. The fraction of sp³-hybridized carbons (Fsp3) is 1.00. The van der Waals surface area contributed by atoms with Gasteiger partial charge in [0.05, 0.1) is 62.0 Å². The number of hydrogen-bond acceptors (Lipinski definition) is 10. The zero-order chi connectivity index (χ0) is 20.0. The second-order valence-corrected chi connectivity index (χ2v) is 7.65. The van der Waals surface area contributed by atoms with Crippen LogP contribution in [0.1, 0.15) is 0 Å². The van der Waals surface area contributed by atoms with E-state index in [1.165, 1.54) is 0 Å². The van der Waals surface area contributed by atoms with Crippen molar-refractivity contribution in [2.24, 2.45) is 16.2 Å². The average molecular weight is 382 g/mol. The van der Waals surface area contributed by atoms with Gasteiger partial charge in [-0.1, -0.05) is 0 Å². The molecule has 0 radical (unpaired) electrons. The first-order valence-corrected chi connectivity index (χ1v) is 8.60. The highest BCUT2D eigenvalue weighted by molar-refractivity contribution is 5.04. The van der Waals surface area contributed by atoms with Crippen molar-refractivity contribution in [1.29, 1.82) is 0 Å². The zero-order valence-corrected chi connectivity index (χ0v) is 15.5. The van der Waals surface area contributed by atoms with Crippen LogP contribution >= 0.6 is 0 Å². The molecule has 3 atom stereocenters. The summed E-state index contributed by atoms with van der Waals surface area (Å²) in [5.74, 6) is 0. The zero-order valence-electron chi connectivity index (χ0n) is 15.5. The molecule has 1 aliphatic heterocycles. The highest BCUT2D eigenvalue weighted by atomic mass is 16.6. The van der Waals surface area contributed by atoms with Crippen LogP contribution in [-0.2, 0) is 4.74 Å². The van der Waals surface area contributed by atoms with E-state index in [1.807, 2.05) is 0 Å². The van der Waals surface area contributed by atoms with Crippen molar-refractivity contribution in [3.05, 3.63) is 0 Å². The van der Waals surface area contributed by atoms with Crippen LogP contribution < -0.4 is 5.32 Å². The molecule has 1 heterocycles. The lowest BCUT2D eigenvalue weighted by molar-refractivity contribution is -0.246. The van der Waals surface area contributed by atoms with Crippen LogP contribution in [0.5, 0.6) is 0 Å². The highest BCUT2D eigenvalue weighted by Crippen LogP contribution is 2.41. The largest absolute Gasteiger partial charge is 0.396 e. The van der Waals surface area contributed by atoms with E-state index in [4.69, 9.17) is 4.74 Å². The maximum Gasteiger partial charge on any atom is 0.165 e. The number of likely N-dealkylation sites (tertiary alicyclic amines) is 1. The third kappa shape index (κ3) is 4.36. The topological polar surface area (TPSA) is 166 Å². The minimum Gasteiger partial charge on any atom is -0.396 e. The lowest BCUT2D eigenvalue weighted by atomic mass is 9.65. The van der Waals surface area contributed by atoms with Crippen molar-refractivity contribution in [2.45, 2.75) is 12.4 Å². The number of hydrogen-bond donors (Lipinski definition) is 8. The summed E-state index contributed by atoms with van der Waals surface area (Å²) in [6.45, 7) is -2.37. The molecule has 0 saturated carbocycles. The van der Waals surface area contributed by atoms with Crippen LogP contribution in [-0.4, -0.2) is 126 Å². The Balaban J connectivity index is 3.02. The van der Waals surface area contributed by atoms with E-state index in [1.54, 1.807) is 19.0 Å². The van der Waals surface area contributed by atoms with Crippen LogP contribution in [0.3, 0.4) is 0 Å². The van der Waals surface area contributed by atoms with Crippen molar-refractivity contribution in [1.82, 2.24) is 10.2 Å². The maximum atomic E-state index is 10.8. The van der Waals surface area contributed by atoms with Gasteiger partial charge in [0.1, 0.15) is 0 Å². The van der Waals surface area contributed by atoms with E-state index in [2.05, 4.69) is 5.32 Å². The Morgan fingerprint density at radius 3 is 2.00 bits per heavy atom. The van der Waals surface area contributed by atoms with Crippen molar-refractivity contribution in [2.75, 3.05) is 73.4 Å². The third-order valence-electron chi connectivity index (χ3n) is 5.49. The monoisotopic (exact) mass is 382 g/mol. The van der Waals surface area contributed by atoms with Crippen molar-refractivity contribution in [3.63, 3.8) is 0 Å². The van der Waals surface area contributed by atoms with Gasteiger partial charge in [0.25, 0.3) is 0 Å². The van der Waals surface area contributed by atoms with Crippen LogP contribution in [0.15, 0.2) is 0 Å². The first-order chi connectivity index (χ1) is 12.2. The summed E-state index contributed by atoms with van der Waals surface area (Å²) in [5.41, 5.74) is -3.88. The predicted octanol–water partition coefficient (Wildman–Crippen LogP) is -4.23. The molecule has 0 bridgehead atoms. The second-order valence-electron chi connectivity index (χ2n) is 7.65. The molecule has 0 aromatic carbocycles. The fourth-order valence-electron chi connectivity index (χ4n) is 3.76. The molecule has 8 N–H and O–H groups in total. The summed E-state index contributed by atoms with van der Waals surface area (Å²) < 4.78 is 5.46. The van der Waals surface area contributed by atoms with Gasteiger partial charge in [-0.2, -0.15) is 0 Å². The van der Waals surface area contributed by atoms with E-state index in [9.17, 15) is 35.7 Å². The molecule has 1 fully saturated rings. The number of aliphatic hydroxyl groups excluding tert-OH is 7. The summed E-state index contributed by atoms with van der Waals surface area (Å²) in [6.07, 6.45) is -2.86. The quantitative estimate of drug-likeness (QED) is 0.164. The van der Waals surface area contributed by atoms with Gasteiger partial charge in [-0.05, 0) is 14.1 Å². The van der Waals surface area contributed by atoms with E-state index < -0.39 is 61.7 Å². The Morgan fingerprint density at radius 2 is 1.58 bits per heavy atom. The van der Waals surface area contributed by atoms with Gasteiger partial charge >= 0.3 is 0 Å². The SMILES string of the molecule is CNCC(CO)(CO)C(O)OCC1(CO)CN(C)CC(CO)(CO)C1O. The molecule has 0 aromatic heterocycles. The summed E-state index contributed by atoms with van der Waals surface area (Å²) in [5, 5.41) is 72.5. The molecular weight excluding hydrogens is 348 g/mol. The molecule has 1 saturated heterocycles. The molecule has 1 rings (SSSR count). The van der Waals surface area contributed by atoms with E-state index in [0.717, 1.165) is 0 Å². The lowest BCUT2D eigenvalue weighted by Gasteiger charge is -2.53. The Morgan fingerprint density at radius 1 is 1.08 bits per heavy atom. The fourth-order valence-corrected chi connectivity index (χ4v) is 3.76. The van der Waals surface area contributed by atoms with E-state index in [-0.39, 0.29) is 26.2 Å². The number of nitrogens with zero attached hydrogens (tertiary/aromatic N) is 1. The lowest BCUT2D eigenvalue weighted by Crippen LogP contribution is -2.67. The highest BCUT2D eigenvalue weighted by Gasteiger charge is 2.55. The molecule has 156 valence electrons. The van der Waals surface area contributed by atoms with E-state index in [0.29, 0.717) is 0 Å². The summed E-state index contributed by atoms with van der Waals surface area (Å²) in [7, 11) is 3.32. The number of nitrogens with one attached hydrogen (secondary N) is 1. The molecule has 0 aliphatic carbocycles. The second kappa shape index (κ2) is 9.69. The van der Waals surface area contributed by atoms with Crippen molar-refractivity contribution < 1.29 is 40.5 Å². The average Bonchev–Trinajstić information content (AvgIpc) is 2.66. The molecular formula is C16H34N2O8. The Bertz CT molecular complexity index is 419. The molecule has 0 amide bonds. The molecule has 10 nitrogen and oxygen atoms in total. The summed E-state index contributed by atoms with van der Waals surface area (Å²) in [6, 6.07) is 0. The van der Waals surface area contributed by atoms with Crippen molar-refractivity contribution >= 4 is 0 Å². The maximum absolute atomic E-state index is 10.8. The molecule has 10 heteroatoms. The van der Waals surface area contributed by atoms with Gasteiger partial charge in [0, 0.05) is 19.6 Å². The predicted molar refractivity (Wildman–Crippen MR) is 92.1 cm³/mol. The van der Waals surface area contributed by atoms with Crippen molar-refractivity contribution in [3.8, 4) is 0 Å². The Hall–Kier alpha value is -0.400. The van der Waals surface area contributed by atoms with Crippen LogP contribution in [0.2, 0.25) is 0 Å².